The second kappa shape index (κ2) is 6.69. The van der Waals surface area contributed by atoms with E-state index < -0.39 is 10.8 Å². The highest BCUT2D eigenvalue weighted by molar-refractivity contribution is 7.84. The first kappa shape index (κ1) is 16.0. The quantitative estimate of drug-likeness (QED) is 0.749. The summed E-state index contributed by atoms with van der Waals surface area (Å²) in [6.45, 7) is 5.91. The number of aryl methyl sites for hydroxylation is 2. The number of rotatable bonds is 5. The lowest BCUT2D eigenvalue weighted by molar-refractivity contribution is 0.685. The number of hydrogen-bond donors (Lipinski definition) is 2. The molecular formula is C19H22N2OS. The van der Waals surface area contributed by atoms with Gasteiger partial charge in [0, 0.05) is 51.6 Å². The van der Waals surface area contributed by atoms with Crippen LogP contribution in [0.2, 0.25) is 0 Å². The fraction of sp³-hybridized carbons (Fsp3) is 0.263. The molecule has 0 unspecified atom stereocenters. The zero-order valence-electron chi connectivity index (χ0n) is 13.8. The van der Waals surface area contributed by atoms with Crippen LogP contribution in [0, 0.1) is 13.8 Å². The highest BCUT2D eigenvalue weighted by atomic mass is 32.2. The number of hydrogen-bond acceptors (Lipinski definition) is 2. The van der Waals surface area contributed by atoms with E-state index in [1.165, 1.54) is 33.3 Å². The first-order valence-electron chi connectivity index (χ1n) is 7.75. The summed E-state index contributed by atoms with van der Waals surface area (Å²) in [7, 11) is -0.910. The monoisotopic (exact) mass is 326 g/mol. The van der Waals surface area contributed by atoms with Gasteiger partial charge in [-0.15, -0.1) is 0 Å². The van der Waals surface area contributed by atoms with Gasteiger partial charge in [-0.2, -0.15) is 0 Å². The van der Waals surface area contributed by atoms with Gasteiger partial charge in [0.1, 0.15) is 0 Å². The van der Waals surface area contributed by atoms with Gasteiger partial charge in [-0.25, -0.2) is 0 Å². The lowest BCUT2D eigenvalue weighted by Gasteiger charge is -2.06. The van der Waals surface area contributed by atoms with E-state index in [-0.39, 0.29) is 0 Å². The van der Waals surface area contributed by atoms with Crippen molar-refractivity contribution in [1.82, 2.24) is 10.3 Å². The van der Waals surface area contributed by atoms with Crippen LogP contribution in [0.15, 0.2) is 47.4 Å². The molecular weight excluding hydrogens is 304 g/mol. The van der Waals surface area contributed by atoms with Gasteiger partial charge >= 0.3 is 0 Å². The topological polar surface area (TPSA) is 44.9 Å². The minimum absolute atomic E-state index is 0.805. The zero-order chi connectivity index (χ0) is 16.4. The number of nitrogens with one attached hydrogen (secondary N) is 2. The average Bonchev–Trinajstić information content (AvgIpc) is 2.83. The van der Waals surface area contributed by atoms with Gasteiger partial charge in [-0.05, 0) is 54.8 Å². The molecule has 0 spiro atoms. The number of benzene rings is 2. The van der Waals surface area contributed by atoms with Crippen LogP contribution in [-0.4, -0.2) is 15.4 Å². The molecule has 0 saturated heterocycles. The molecule has 1 aromatic heterocycles. The molecule has 0 bridgehead atoms. The van der Waals surface area contributed by atoms with Gasteiger partial charge in [-0.3, -0.25) is 4.21 Å². The predicted molar refractivity (Wildman–Crippen MR) is 97.1 cm³/mol. The van der Waals surface area contributed by atoms with Crippen LogP contribution in [0.4, 0.5) is 0 Å². The molecule has 23 heavy (non-hydrogen) atoms. The van der Waals surface area contributed by atoms with Crippen LogP contribution in [-0.2, 0) is 23.9 Å². The molecule has 3 nitrogen and oxygen atoms in total. The Kier molecular flexibility index (Phi) is 4.64. The summed E-state index contributed by atoms with van der Waals surface area (Å²) in [5, 5.41) is 4.77. The van der Waals surface area contributed by atoms with Crippen LogP contribution in [0.1, 0.15) is 22.4 Å². The molecule has 4 heteroatoms. The maximum Gasteiger partial charge on any atom is 0.0498 e. The van der Waals surface area contributed by atoms with Crippen LogP contribution >= 0.6 is 0 Å². The van der Waals surface area contributed by atoms with Crippen molar-refractivity contribution in [1.29, 1.82) is 0 Å². The van der Waals surface area contributed by atoms with Gasteiger partial charge in [0.25, 0.3) is 0 Å². The minimum atomic E-state index is -0.910. The number of fused-ring (bicyclic) bond motifs is 1. The molecule has 2 N–H and O–H groups in total. The maximum atomic E-state index is 11.4. The number of aromatic amines is 1. The first-order valence-corrected chi connectivity index (χ1v) is 9.31. The number of H-pyrrole nitrogens is 1. The van der Waals surface area contributed by atoms with E-state index in [0.717, 1.165) is 18.0 Å². The van der Waals surface area contributed by atoms with E-state index in [2.05, 4.69) is 42.3 Å². The van der Waals surface area contributed by atoms with Crippen molar-refractivity contribution in [3.05, 3.63) is 64.8 Å². The summed E-state index contributed by atoms with van der Waals surface area (Å²) in [5.41, 5.74) is 6.25. The Balaban J connectivity index is 1.64. The van der Waals surface area contributed by atoms with E-state index in [9.17, 15) is 4.21 Å². The summed E-state index contributed by atoms with van der Waals surface area (Å²) in [6, 6.07) is 14.5. The van der Waals surface area contributed by atoms with Crippen molar-refractivity contribution in [3.8, 4) is 0 Å². The summed E-state index contributed by atoms with van der Waals surface area (Å²) in [5.74, 6) is 0. The number of aromatic nitrogens is 1. The molecule has 0 saturated carbocycles. The van der Waals surface area contributed by atoms with E-state index in [1.54, 1.807) is 6.26 Å². The first-order chi connectivity index (χ1) is 11.0. The highest BCUT2D eigenvalue weighted by Gasteiger charge is 2.05. The molecule has 3 rings (SSSR count). The fourth-order valence-electron chi connectivity index (χ4n) is 2.77. The van der Waals surface area contributed by atoms with Gasteiger partial charge in [0.05, 0.1) is 0 Å². The largest absolute Gasteiger partial charge is 0.358 e. The van der Waals surface area contributed by atoms with Crippen molar-refractivity contribution in [2.24, 2.45) is 0 Å². The zero-order valence-corrected chi connectivity index (χ0v) is 14.6. The second-order valence-corrected chi connectivity index (χ2v) is 7.34. The normalized spacial score (nSPS) is 12.7. The van der Waals surface area contributed by atoms with E-state index in [0.29, 0.717) is 0 Å². The second-order valence-electron chi connectivity index (χ2n) is 5.96. The van der Waals surface area contributed by atoms with E-state index >= 15 is 0 Å². The Morgan fingerprint density at radius 3 is 2.35 bits per heavy atom. The Labute approximate surface area is 139 Å². The van der Waals surface area contributed by atoms with Crippen molar-refractivity contribution in [2.75, 3.05) is 6.26 Å². The standard InChI is InChI=1S/C19H22N2OS/c1-13-14(2)21-19-9-6-16(10-18(13)19)12-20-11-15-4-7-17(8-5-15)23(3)22/h4-10,20-21H,11-12H2,1-3H3/t23-/m0/s1. The molecule has 0 amide bonds. The molecule has 0 radical (unpaired) electrons. The summed E-state index contributed by atoms with van der Waals surface area (Å²) in [6.07, 6.45) is 1.70. The molecule has 0 aliphatic carbocycles. The Hall–Kier alpha value is -1.91. The van der Waals surface area contributed by atoms with Crippen LogP contribution < -0.4 is 5.32 Å². The third-order valence-corrected chi connectivity index (χ3v) is 5.22. The predicted octanol–water partition coefficient (Wildman–Crippen LogP) is 3.81. The molecule has 2 aromatic carbocycles. The maximum absolute atomic E-state index is 11.4. The summed E-state index contributed by atoms with van der Waals surface area (Å²) >= 11 is 0. The molecule has 0 aliphatic heterocycles. The van der Waals surface area contributed by atoms with Crippen molar-refractivity contribution in [3.63, 3.8) is 0 Å². The Bertz CT molecular complexity index is 850. The minimum Gasteiger partial charge on any atom is -0.358 e. The fourth-order valence-corrected chi connectivity index (χ4v) is 3.29. The smallest absolute Gasteiger partial charge is 0.0498 e. The molecule has 1 heterocycles. The lowest BCUT2D eigenvalue weighted by atomic mass is 10.1. The lowest BCUT2D eigenvalue weighted by Crippen LogP contribution is -2.12. The van der Waals surface area contributed by atoms with Gasteiger partial charge < -0.3 is 10.3 Å². The van der Waals surface area contributed by atoms with Crippen LogP contribution in [0.3, 0.4) is 0 Å². The third kappa shape index (κ3) is 3.54. The summed E-state index contributed by atoms with van der Waals surface area (Å²) in [4.78, 5) is 4.28. The molecule has 0 fully saturated rings. The molecule has 0 aliphatic rings. The van der Waals surface area contributed by atoms with Crippen molar-refractivity contribution >= 4 is 21.7 Å². The Morgan fingerprint density at radius 1 is 1.00 bits per heavy atom. The van der Waals surface area contributed by atoms with Gasteiger partial charge in [0.2, 0.25) is 0 Å². The molecule has 3 aromatic rings. The SMILES string of the molecule is Cc1[nH]c2ccc(CNCc3ccc([S@](C)=O)cc3)cc2c1C. The van der Waals surface area contributed by atoms with Crippen molar-refractivity contribution in [2.45, 2.75) is 31.8 Å². The van der Waals surface area contributed by atoms with Crippen molar-refractivity contribution < 1.29 is 4.21 Å². The van der Waals surface area contributed by atoms with Gasteiger partial charge in [0.15, 0.2) is 0 Å². The van der Waals surface area contributed by atoms with Gasteiger partial charge in [-0.1, -0.05) is 18.2 Å². The molecule has 120 valence electrons. The van der Waals surface area contributed by atoms with Crippen LogP contribution in [0.5, 0.6) is 0 Å². The van der Waals surface area contributed by atoms with E-state index in [4.69, 9.17) is 0 Å². The van der Waals surface area contributed by atoms with Crippen LogP contribution in [0.25, 0.3) is 10.9 Å². The average molecular weight is 326 g/mol. The Morgan fingerprint density at radius 2 is 1.65 bits per heavy atom. The molecule has 1 atom stereocenters. The summed E-state index contributed by atoms with van der Waals surface area (Å²) < 4.78 is 11.4. The van der Waals surface area contributed by atoms with E-state index in [1.807, 2.05) is 24.3 Å². The third-order valence-electron chi connectivity index (χ3n) is 4.29. The highest BCUT2D eigenvalue weighted by Crippen LogP contribution is 2.22.